The minimum Gasteiger partial charge on any atom is -0.389 e. The number of aliphatic hydroxyl groups is 1. The van der Waals surface area contributed by atoms with Gasteiger partial charge in [-0.25, -0.2) is 0 Å². The molecule has 2 rings (SSSR count). The first-order valence-corrected chi connectivity index (χ1v) is 9.07. The molecule has 5 heteroatoms. The Hall–Kier alpha value is -0.130. The van der Waals surface area contributed by atoms with Crippen molar-refractivity contribution in [1.29, 1.82) is 0 Å². The third-order valence-electron chi connectivity index (χ3n) is 4.04. The Morgan fingerprint density at radius 3 is 2.81 bits per heavy atom. The van der Waals surface area contributed by atoms with Gasteiger partial charge in [0.05, 0.1) is 23.2 Å². The summed E-state index contributed by atoms with van der Waals surface area (Å²) in [6, 6.07) is 3.98. The van der Waals surface area contributed by atoms with Crippen LogP contribution in [-0.4, -0.2) is 37.0 Å². The molecule has 0 aliphatic heterocycles. The van der Waals surface area contributed by atoms with E-state index in [4.69, 9.17) is 16.3 Å². The Balaban J connectivity index is 1.50. The quantitative estimate of drug-likeness (QED) is 0.716. The van der Waals surface area contributed by atoms with Gasteiger partial charge in [0.2, 0.25) is 0 Å². The largest absolute Gasteiger partial charge is 0.389 e. The van der Waals surface area contributed by atoms with E-state index in [9.17, 15) is 5.11 Å². The molecule has 0 radical (unpaired) electrons. The second-order valence-electron chi connectivity index (χ2n) is 6.03. The van der Waals surface area contributed by atoms with E-state index in [1.54, 1.807) is 11.3 Å². The highest BCUT2D eigenvalue weighted by Crippen LogP contribution is 2.25. The van der Waals surface area contributed by atoms with Gasteiger partial charge in [-0.2, -0.15) is 0 Å². The van der Waals surface area contributed by atoms with Crippen LogP contribution in [0.4, 0.5) is 0 Å². The maximum atomic E-state index is 9.93. The van der Waals surface area contributed by atoms with Gasteiger partial charge in [-0.3, -0.25) is 0 Å². The molecule has 2 N–H and O–H groups in total. The summed E-state index contributed by atoms with van der Waals surface area (Å²) < 4.78 is 6.64. The molecule has 21 heavy (non-hydrogen) atoms. The van der Waals surface area contributed by atoms with Gasteiger partial charge in [0.25, 0.3) is 0 Å². The van der Waals surface area contributed by atoms with E-state index < -0.39 is 6.10 Å². The molecule has 1 unspecified atom stereocenters. The van der Waals surface area contributed by atoms with Crippen molar-refractivity contribution in [1.82, 2.24) is 5.32 Å². The Morgan fingerprint density at radius 1 is 1.38 bits per heavy atom. The van der Waals surface area contributed by atoms with Crippen LogP contribution in [0.5, 0.6) is 0 Å². The summed E-state index contributed by atoms with van der Waals surface area (Å²) in [6.45, 7) is 4.18. The lowest BCUT2D eigenvalue weighted by molar-refractivity contribution is -0.0277. The molecule has 1 heterocycles. The predicted octanol–water partition coefficient (Wildman–Crippen LogP) is 3.49. The monoisotopic (exact) mass is 331 g/mol. The Bertz CT molecular complexity index is 405. The second kappa shape index (κ2) is 9.11. The number of halogens is 1. The molecule has 0 amide bonds. The number of aliphatic hydroxyl groups excluding tert-OH is 1. The molecule has 0 saturated heterocycles. The maximum absolute atomic E-state index is 9.93. The van der Waals surface area contributed by atoms with Gasteiger partial charge >= 0.3 is 0 Å². The van der Waals surface area contributed by atoms with Crippen molar-refractivity contribution in [2.24, 2.45) is 5.92 Å². The minimum absolute atomic E-state index is 0.351. The first-order chi connectivity index (χ1) is 10.1. The lowest BCUT2D eigenvalue weighted by Gasteiger charge is -2.27. The molecule has 1 fully saturated rings. The lowest BCUT2D eigenvalue weighted by Crippen LogP contribution is -2.33. The number of hydrogen-bond acceptors (Lipinski definition) is 4. The highest BCUT2D eigenvalue weighted by atomic mass is 35.5. The topological polar surface area (TPSA) is 41.5 Å². The van der Waals surface area contributed by atoms with Crippen molar-refractivity contribution in [3.63, 3.8) is 0 Å². The molecule has 1 aliphatic carbocycles. The van der Waals surface area contributed by atoms with Crippen molar-refractivity contribution in [3.8, 4) is 0 Å². The molecular formula is C16H26ClNO2S. The van der Waals surface area contributed by atoms with Crippen molar-refractivity contribution in [3.05, 3.63) is 21.3 Å². The zero-order chi connectivity index (χ0) is 15.1. The summed E-state index contributed by atoms with van der Waals surface area (Å²) >= 11 is 7.50. The summed E-state index contributed by atoms with van der Waals surface area (Å²) in [5.74, 6) is 0.835. The van der Waals surface area contributed by atoms with Crippen molar-refractivity contribution >= 4 is 22.9 Å². The summed E-state index contributed by atoms with van der Waals surface area (Å²) in [5, 5.41) is 13.2. The molecule has 1 aromatic rings. The highest BCUT2D eigenvalue weighted by molar-refractivity contribution is 7.16. The molecule has 0 bridgehead atoms. The van der Waals surface area contributed by atoms with Gasteiger partial charge < -0.3 is 15.2 Å². The lowest BCUT2D eigenvalue weighted by atomic mass is 9.89. The van der Waals surface area contributed by atoms with E-state index in [0.717, 1.165) is 36.1 Å². The van der Waals surface area contributed by atoms with Gasteiger partial charge in [-0.05, 0) is 50.2 Å². The van der Waals surface area contributed by atoms with Crippen molar-refractivity contribution in [2.75, 3.05) is 19.7 Å². The molecule has 0 aromatic carbocycles. The van der Waals surface area contributed by atoms with E-state index in [2.05, 4.69) is 18.3 Å². The molecule has 120 valence electrons. The zero-order valence-corrected chi connectivity index (χ0v) is 14.3. The first kappa shape index (κ1) is 17.2. The molecule has 1 atom stereocenters. The minimum atomic E-state index is -0.420. The Kier molecular flexibility index (Phi) is 7.47. The van der Waals surface area contributed by atoms with Crippen molar-refractivity contribution < 1.29 is 9.84 Å². The molecular weight excluding hydrogens is 306 g/mol. The summed E-state index contributed by atoms with van der Waals surface area (Å²) in [6.07, 6.45) is 5.66. The van der Waals surface area contributed by atoms with Gasteiger partial charge in [0, 0.05) is 18.0 Å². The number of hydrogen-bond donors (Lipinski definition) is 2. The Morgan fingerprint density at radius 2 is 2.14 bits per heavy atom. The third-order valence-corrected chi connectivity index (χ3v) is 5.34. The fourth-order valence-electron chi connectivity index (χ4n) is 2.67. The summed E-state index contributed by atoms with van der Waals surface area (Å²) in [4.78, 5) is 1.27. The Labute approximate surface area is 136 Å². The zero-order valence-electron chi connectivity index (χ0n) is 12.7. The van der Waals surface area contributed by atoms with Gasteiger partial charge in [0.15, 0.2) is 0 Å². The van der Waals surface area contributed by atoms with E-state index >= 15 is 0 Å². The van der Waals surface area contributed by atoms with Gasteiger partial charge in [0.1, 0.15) is 0 Å². The predicted molar refractivity (Wildman–Crippen MR) is 89.3 cm³/mol. The SMILES string of the molecule is CC1CCC(OCC(O)CNCCc2ccc(Cl)s2)CC1. The second-order valence-corrected chi connectivity index (χ2v) is 7.83. The van der Waals surface area contributed by atoms with Crippen LogP contribution >= 0.6 is 22.9 Å². The smallest absolute Gasteiger partial charge is 0.0931 e. The number of nitrogens with one attached hydrogen (secondary N) is 1. The van der Waals surface area contributed by atoms with E-state index in [0.29, 0.717) is 19.3 Å². The van der Waals surface area contributed by atoms with E-state index in [1.807, 2.05) is 6.07 Å². The average Bonchev–Trinajstić information content (AvgIpc) is 2.89. The van der Waals surface area contributed by atoms with Crippen LogP contribution in [0.25, 0.3) is 0 Å². The number of rotatable bonds is 8. The fourth-order valence-corrected chi connectivity index (χ4v) is 3.76. The molecule has 1 saturated carbocycles. The number of ether oxygens (including phenoxy) is 1. The maximum Gasteiger partial charge on any atom is 0.0931 e. The van der Waals surface area contributed by atoms with Crippen LogP contribution in [0, 0.1) is 5.92 Å². The average molecular weight is 332 g/mol. The van der Waals surface area contributed by atoms with Crippen LogP contribution in [-0.2, 0) is 11.2 Å². The molecule has 3 nitrogen and oxygen atoms in total. The number of thiophene rings is 1. The standard InChI is InChI=1S/C16H26ClNO2S/c1-12-2-4-14(5-3-12)20-11-13(19)10-18-9-8-15-6-7-16(17)21-15/h6-7,12-14,18-19H,2-5,8-11H2,1H3. The fraction of sp³-hybridized carbons (Fsp3) is 0.750. The third kappa shape index (κ3) is 6.66. The van der Waals surface area contributed by atoms with Crippen LogP contribution in [0.2, 0.25) is 4.34 Å². The van der Waals surface area contributed by atoms with Crippen molar-refractivity contribution in [2.45, 2.75) is 51.2 Å². The van der Waals surface area contributed by atoms with Crippen LogP contribution in [0.3, 0.4) is 0 Å². The van der Waals surface area contributed by atoms with Crippen LogP contribution in [0.15, 0.2) is 12.1 Å². The highest BCUT2D eigenvalue weighted by Gasteiger charge is 2.19. The van der Waals surface area contributed by atoms with E-state index in [1.165, 1.54) is 17.7 Å². The van der Waals surface area contributed by atoms with Gasteiger partial charge in [-0.15, -0.1) is 11.3 Å². The molecule has 0 spiro atoms. The normalized spacial score (nSPS) is 24.1. The molecule has 1 aliphatic rings. The van der Waals surface area contributed by atoms with Gasteiger partial charge in [-0.1, -0.05) is 18.5 Å². The first-order valence-electron chi connectivity index (χ1n) is 7.88. The van der Waals surface area contributed by atoms with Crippen LogP contribution in [0.1, 0.15) is 37.5 Å². The summed E-state index contributed by atoms with van der Waals surface area (Å²) in [5.41, 5.74) is 0. The molecule has 1 aromatic heterocycles. The van der Waals surface area contributed by atoms with Crippen LogP contribution < -0.4 is 5.32 Å². The van der Waals surface area contributed by atoms with E-state index in [-0.39, 0.29) is 0 Å². The summed E-state index contributed by atoms with van der Waals surface area (Å²) in [7, 11) is 0.